The number of carbonyl (C=O) groups excluding carboxylic acids is 1. The molecule has 0 aliphatic rings. The van der Waals surface area contributed by atoms with Crippen molar-refractivity contribution < 1.29 is 14.7 Å². The van der Waals surface area contributed by atoms with E-state index in [1.807, 2.05) is 13.8 Å². The second-order valence-electron chi connectivity index (χ2n) is 4.56. The Kier molecular flexibility index (Phi) is 8.11. The lowest BCUT2D eigenvalue weighted by Crippen LogP contribution is -2.28. The first kappa shape index (κ1) is 15.7. The monoisotopic (exact) mass is 241 g/mol. The van der Waals surface area contributed by atoms with Crippen molar-refractivity contribution in [2.24, 2.45) is 5.92 Å². The molecule has 1 amide bonds. The molecule has 0 bridgehead atoms. The molecule has 0 unspecified atom stereocenters. The molecule has 98 valence electrons. The normalized spacial score (nSPS) is 11.6. The summed E-state index contributed by atoms with van der Waals surface area (Å²) in [5, 5.41) is 11.4. The summed E-state index contributed by atoms with van der Waals surface area (Å²) in [4.78, 5) is 22.3. The minimum atomic E-state index is -1.07. The van der Waals surface area contributed by atoms with Gasteiger partial charge >= 0.3 is 5.97 Å². The van der Waals surface area contributed by atoms with Gasteiger partial charge in [0.25, 0.3) is 0 Å². The number of hydrogen-bond acceptors (Lipinski definition) is 2. The largest absolute Gasteiger partial charge is 0.477 e. The highest BCUT2D eigenvalue weighted by Crippen LogP contribution is 2.04. The third-order valence-corrected chi connectivity index (χ3v) is 2.25. The first-order valence-electron chi connectivity index (χ1n) is 6.20. The minimum Gasteiger partial charge on any atom is -0.477 e. The first-order valence-corrected chi connectivity index (χ1v) is 6.20. The van der Waals surface area contributed by atoms with Gasteiger partial charge in [-0.25, -0.2) is 4.79 Å². The highest BCUT2D eigenvalue weighted by molar-refractivity contribution is 5.92. The third kappa shape index (κ3) is 8.48. The van der Waals surface area contributed by atoms with Crippen molar-refractivity contribution in [2.45, 2.75) is 52.9 Å². The molecule has 0 saturated heterocycles. The summed E-state index contributed by atoms with van der Waals surface area (Å²) < 4.78 is 0. The SMILES string of the molecule is CCCCCC=C(NC(=O)CC(C)C)C(=O)O. The Morgan fingerprint density at radius 1 is 1.29 bits per heavy atom. The van der Waals surface area contributed by atoms with Gasteiger partial charge in [0.05, 0.1) is 0 Å². The lowest BCUT2D eigenvalue weighted by molar-refractivity contribution is -0.134. The number of carboxylic acids is 1. The molecule has 0 rings (SSSR count). The third-order valence-electron chi connectivity index (χ3n) is 2.25. The smallest absolute Gasteiger partial charge is 0.352 e. The van der Waals surface area contributed by atoms with Crippen LogP contribution in [0.4, 0.5) is 0 Å². The van der Waals surface area contributed by atoms with Crippen LogP contribution in [0.15, 0.2) is 11.8 Å². The molecule has 0 fully saturated rings. The second-order valence-corrected chi connectivity index (χ2v) is 4.56. The van der Waals surface area contributed by atoms with Gasteiger partial charge in [-0.05, 0) is 18.8 Å². The van der Waals surface area contributed by atoms with E-state index in [1.54, 1.807) is 6.08 Å². The summed E-state index contributed by atoms with van der Waals surface area (Å²) in [6.07, 6.45) is 5.75. The number of carbonyl (C=O) groups is 2. The van der Waals surface area contributed by atoms with Crippen molar-refractivity contribution in [3.8, 4) is 0 Å². The summed E-state index contributed by atoms with van der Waals surface area (Å²) in [6, 6.07) is 0. The van der Waals surface area contributed by atoms with Crippen molar-refractivity contribution in [1.29, 1.82) is 0 Å². The highest BCUT2D eigenvalue weighted by Gasteiger charge is 2.11. The van der Waals surface area contributed by atoms with Gasteiger partial charge < -0.3 is 10.4 Å². The van der Waals surface area contributed by atoms with Gasteiger partial charge in [0.15, 0.2) is 0 Å². The Morgan fingerprint density at radius 2 is 1.94 bits per heavy atom. The van der Waals surface area contributed by atoms with Crippen molar-refractivity contribution >= 4 is 11.9 Å². The number of amides is 1. The molecule has 4 heteroatoms. The molecule has 4 nitrogen and oxygen atoms in total. The van der Waals surface area contributed by atoms with Crippen molar-refractivity contribution in [2.75, 3.05) is 0 Å². The molecule has 0 spiro atoms. The first-order chi connectivity index (χ1) is 7.97. The number of carboxylic acid groups (broad SMARTS) is 1. The molecule has 17 heavy (non-hydrogen) atoms. The Balaban J connectivity index is 4.23. The number of aliphatic carboxylic acids is 1. The maximum atomic E-state index is 11.4. The molecule has 0 aliphatic carbocycles. The van der Waals surface area contributed by atoms with Gasteiger partial charge in [0.1, 0.15) is 5.70 Å². The molecule has 2 N–H and O–H groups in total. The lowest BCUT2D eigenvalue weighted by Gasteiger charge is -2.07. The predicted octanol–water partition coefficient (Wildman–Crippen LogP) is 2.70. The number of rotatable bonds is 8. The number of unbranched alkanes of at least 4 members (excludes halogenated alkanes) is 3. The summed E-state index contributed by atoms with van der Waals surface area (Å²) >= 11 is 0. The van der Waals surface area contributed by atoms with Crippen LogP contribution in [-0.2, 0) is 9.59 Å². The maximum absolute atomic E-state index is 11.4. The molecular weight excluding hydrogens is 218 g/mol. The zero-order chi connectivity index (χ0) is 13.3. The van der Waals surface area contributed by atoms with E-state index in [4.69, 9.17) is 5.11 Å². The fourth-order valence-corrected chi connectivity index (χ4v) is 1.40. The zero-order valence-electron chi connectivity index (χ0n) is 11.0. The van der Waals surface area contributed by atoms with Gasteiger partial charge in [0.2, 0.25) is 5.91 Å². The molecule has 0 aromatic carbocycles. The van der Waals surface area contributed by atoms with Gasteiger partial charge in [0, 0.05) is 6.42 Å². The van der Waals surface area contributed by atoms with Gasteiger partial charge in [-0.3, -0.25) is 4.79 Å². The number of hydrogen-bond donors (Lipinski definition) is 2. The van der Waals surface area contributed by atoms with Crippen LogP contribution in [-0.4, -0.2) is 17.0 Å². The predicted molar refractivity (Wildman–Crippen MR) is 67.5 cm³/mol. The molecule has 0 aromatic rings. The Bertz CT molecular complexity index is 282. The molecule has 0 radical (unpaired) electrons. The quantitative estimate of drug-likeness (QED) is 0.507. The van der Waals surface area contributed by atoms with E-state index in [-0.39, 0.29) is 17.5 Å². The van der Waals surface area contributed by atoms with E-state index >= 15 is 0 Å². The van der Waals surface area contributed by atoms with Crippen molar-refractivity contribution in [3.05, 3.63) is 11.8 Å². The summed E-state index contributed by atoms with van der Waals surface area (Å²) in [5.74, 6) is -1.08. The van der Waals surface area contributed by atoms with Crippen LogP contribution in [0.3, 0.4) is 0 Å². The topological polar surface area (TPSA) is 66.4 Å². The van der Waals surface area contributed by atoms with Gasteiger partial charge in [-0.2, -0.15) is 0 Å². The molecule has 0 heterocycles. The average molecular weight is 241 g/mol. The average Bonchev–Trinajstić information content (AvgIpc) is 2.21. The molecule has 0 atom stereocenters. The number of nitrogens with one attached hydrogen (secondary N) is 1. The molecular formula is C13H23NO3. The van der Waals surface area contributed by atoms with Gasteiger partial charge in [-0.1, -0.05) is 39.7 Å². The van der Waals surface area contributed by atoms with Crippen LogP contribution < -0.4 is 5.32 Å². The van der Waals surface area contributed by atoms with Crippen molar-refractivity contribution in [1.82, 2.24) is 5.32 Å². The Hall–Kier alpha value is -1.32. The minimum absolute atomic E-state index is 0.00625. The van der Waals surface area contributed by atoms with Crippen LogP contribution >= 0.6 is 0 Å². The van der Waals surface area contributed by atoms with Gasteiger partial charge in [-0.15, -0.1) is 0 Å². The summed E-state index contributed by atoms with van der Waals surface area (Å²) in [6.45, 7) is 5.93. The number of allylic oxidation sites excluding steroid dienone is 1. The Labute approximate surface area is 103 Å². The maximum Gasteiger partial charge on any atom is 0.352 e. The van der Waals surface area contributed by atoms with Crippen LogP contribution in [0.2, 0.25) is 0 Å². The fraction of sp³-hybridized carbons (Fsp3) is 0.692. The summed E-state index contributed by atoms with van der Waals surface area (Å²) in [5.41, 5.74) is 0.00625. The van der Waals surface area contributed by atoms with E-state index in [9.17, 15) is 9.59 Å². The van der Waals surface area contributed by atoms with Crippen LogP contribution in [0, 0.1) is 5.92 Å². The van der Waals surface area contributed by atoms with E-state index < -0.39 is 5.97 Å². The molecule has 0 saturated carbocycles. The molecule has 0 aliphatic heterocycles. The van der Waals surface area contributed by atoms with Crippen molar-refractivity contribution in [3.63, 3.8) is 0 Å². The van der Waals surface area contributed by atoms with Crippen LogP contribution in [0.5, 0.6) is 0 Å². The standard InChI is InChI=1S/C13H23NO3/c1-4-5-6-7-8-11(13(16)17)14-12(15)9-10(2)3/h8,10H,4-7,9H2,1-3H3,(H,14,15)(H,16,17). The Morgan fingerprint density at radius 3 is 2.41 bits per heavy atom. The molecule has 0 aromatic heterocycles. The van der Waals surface area contributed by atoms with Crippen LogP contribution in [0.25, 0.3) is 0 Å². The fourth-order valence-electron chi connectivity index (χ4n) is 1.40. The lowest BCUT2D eigenvalue weighted by atomic mass is 10.1. The van der Waals surface area contributed by atoms with E-state index in [2.05, 4.69) is 12.2 Å². The van der Waals surface area contributed by atoms with Crippen LogP contribution in [0.1, 0.15) is 52.9 Å². The zero-order valence-corrected chi connectivity index (χ0v) is 11.0. The van der Waals surface area contributed by atoms with E-state index in [1.165, 1.54) is 0 Å². The second kappa shape index (κ2) is 8.79. The summed E-state index contributed by atoms with van der Waals surface area (Å²) in [7, 11) is 0. The highest BCUT2D eigenvalue weighted by atomic mass is 16.4. The van der Waals surface area contributed by atoms with E-state index in [0.717, 1.165) is 19.3 Å². The van der Waals surface area contributed by atoms with E-state index in [0.29, 0.717) is 12.8 Å².